The van der Waals surface area contributed by atoms with Gasteiger partial charge in [-0.2, -0.15) is 10.4 Å². The quantitative estimate of drug-likeness (QED) is 0.740. The average molecular weight is 325 g/mol. The number of rotatable bonds is 4. The second-order valence-corrected chi connectivity index (χ2v) is 6.02. The van der Waals surface area contributed by atoms with Gasteiger partial charge in [0.15, 0.2) is 0 Å². The third-order valence-electron chi connectivity index (χ3n) is 4.46. The largest absolute Gasteiger partial charge is 0.349 e. The molecule has 1 aliphatic carbocycles. The van der Waals surface area contributed by atoms with Crippen LogP contribution in [0, 0.1) is 17.2 Å². The Morgan fingerprint density at radius 2 is 2.17 bits per heavy atom. The zero-order valence-corrected chi connectivity index (χ0v) is 13.2. The molecule has 1 fully saturated rings. The maximum atomic E-state index is 12.5. The first-order valence-corrected chi connectivity index (χ1v) is 8.07. The highest BCUT2D eigenvalue weighted by Gasteiger charge is 2.32. The van der Waals surface area contributed by atoms with Crippen LogP contribution in [-0.2, 0) is 4.79 Å². The van der Waals surface area contributed by atoms with Gasteiger partial charge in [0.25, 0.3) is 5.91 Å². The molecule has 1 aliphatic rings. The Balaban J connectivity index is 1.70. The topological polar surface area (TPSA) is 111 Å². The smallest absolute Gasteiger partial charge is 0.251 e. The van der Waals surface area contributed by atoms with Crippen molar-refractivity contribution in [3.63, 3.8) is 0 Å². The number of H-pyrrole nitrogens is 1. The normalized spacial score (nSPS) is 20.3. The lowest BCUT2D eigenvalue weighted by Gasteiger charge is -2.31. The van der Waals surface area contributed by atoms with Gasteiger partial charge in [0.2, 0.25) is 5.91 Å². The number of carbonyl (C=O) groups is 2. The second-order valence-electron chi connectivity index (χ2n) is 6.02. The molecule has 1 heterocycles. The van der Waals surface area contributed by atoms with E-state index in [4.69, 9.17) is 5.26 Å². The molecular weight excluding hydrogens is 306 g/mol. The monoisotopic (exact) mass is 325 g/mol. The number of hydrogen-bond donors (Lipinski definition) is 3. The van der Waals surface area contributed by atoms with Crippen molar-refractivity contribution in [2.24, 2.45) is 5.92 Å². The molecule has 0 unspecified atom stereocenters. The molecule has 1 saturated carbocycles. The van der Waals surface area contributed by atoms with Crippen molar-refractivity contribution in [2.75, 3.05) is 6.54 Å². The molecule has 3 rings (SSSR count). The minimum absolute atomic E-state index is 0.00679. The molecule has 24 heavy (non-hydrogen) atoms. The number of nitrogens with zero attached hydrogens (tertiary/aromatic N) is 2. The number of amides is 2. The van der Waals surface area contributed by atoms with E-state index in [2.05, 4.69) is 20.8 Å². The van der Waals surface area contributed by atoms with Crippen LogP contribution >= 0.6 is 0 Å². The summed E-state index contributed by atoms with van der Waals surface area (Å²) in [6, 6.07) is 7.04. The first-order chi connectivity index (χ1) is 11.7. The van der Waals surface area contributed by atoms with Crippen molar-refractivity contribution >= 4 is 22.7 Å². The Morgan fingerprint density at radius 1 is 1.33 bits per heavy atom. The molecule has 0 spiro atoms. The van der Waals surface area contributed by atoms with Crippen LogP contribution in [-0.4, -0.2) is 34.6 Å². The number of hydrogen-bond acceptors (Lipinski definition) is 4. The fourth-order valence-corrected chi connectivity index (χ4v) is 3.21. The van der Waals surface area contributed by atoms with Gasteiger partial charge in [-0.25, -0.2) is 0 Å². The molecule has 7 heteroatoms. The molecule has 7 nitrogen and oxygen atoms in total. The molecule has 0 aliphatic heterocycles. The molecular formula is C17H19N5O2. The van der Waals surface area contributed by atoms with E-state index in [0.717, 1.165) is 36.6 Å². The van der Waals surface area contributed by atoms with Crippen LogP contribution in [0.3, 0.4) is 0 Å². The van der Waals surface area contributed by atoms with Crippen molar-refractivity contribution < 1.29 is 9.59 Å². The number of nitrogens with one attached hydrogen (secondary N) is 3. The lowest BCUT2D eigenvalue weighted by atomic mass is 9.83. The van der Waals surface area contributed by atoms with Crippen LogP contribution in [0.25, 0.3) is 10.9 Å². The van der Waals surface area contributed by atoms with Gasteiger partial charge in [0.05, 0.1) is 23.7 Å². The van der Waals surface area contributed by atoms with Crippen molar-refractivity contribution in [1.82, 2.24) is 20.8 Å². The molecule has 0 radical (unpaired) electrons. The zero-order valence-electron chi connectivity index (χ0n) is 13.2. The molecule has 2 atom stereocenters. The van der Waals surface area contributed by atoms with Crippen LogP contribution in [0.2, 0.25) is 0 Å². The Morgan fingerprint density at radius 3 is 3.00 bits per heavy atom. The summed E-state index contributed by atoms with van der Waals surface area (Å²) >= 11 is 0. The van der Waals surface area contributed by atoms with Gasteiger partial charge in [-0.1, -0.05) is 12.8 Å². The van der Waals surface area contributed by atoms with Gasteiger partial charge in [-0.3, -0.25) is 14.7 Å². The second kappa shape index (κ2) is 7.13. The summed E-state index contributed by atoms with van der Waals surface area (Å²) in [7, 11) is 0. The van der Waals surface area contributed by atoms with E-state index in [1.807, 2.05) is 12.1 Å². The summed E-state index contributed by atoms with van der Waals surface area (Å²) < 4.78 is 0. The minimum atomic E-state index is -0.284. The summed E-state index contributed by atoms with van der Waals surface area (Å²) in [6.45, 7) is -0.00679. The highest BCUT2D eigenvalue weighted by molar-refractivity contribution is 5.98. The average Bonchev–Trinajstić information content (AvgIpc) is 3.07. The number of carbonyl (C=O) groups excluding carboxylic acids is 2. The molecule has 1 aromatic carbocycles. The Hall–Kier alpha value is -2.88. The third-order valence-corrected chi connectivity index (χ3v) is 4.46. The lowest BCUT2D eigenvalue weighted by molar-refractivity contribution is -0.126. The number of benzene rings is 1. The summed E-state index contributed by atoms with van der Waals surface area (Å²) in [6.07, 6.45) is 5.10. The molecule has 2 aromatic rings. The van der Waals surface area contributed by atoms with E-state index in [1.165, 1.54) is 0 Å². The minimum Gasteiger partial charge on any atom is -0.349 e. The molecule has 124 valence electrons. The van der Waals surface area contributed by atoms with Crippen molar-refractivity contribution in [1.29, 1.82) is 5.26 Å². The number of aromatic amines is 1. The Labute approximate surface area is 139 Å². The van der Waals surface area contributed by atoms with Crippen molar-refractivity contribution in [2.45, 2.75) is 31.7 Å². The number of fused-ring (bicyclic) bond motifs is 1. The number of aromatic nitrogens is 2. The maximum Gasteiger partial charge on any atom is 0.251 e. The molecule has 0 saturated heterocycles. The van der Waals surface area contributed by atoms with Gasteiger partial charge in [-0.05, 0) is 31.0 Å². The van der Waals surface area contributed by atoms with Gasteiger partial charge in [0.1, 0.15) is 6.54 Å². The highest BCUT2D eigenvalue weighted by atomic mass is 16.2. The first kappa shape index (κ1) is 16.0. The first-order valence-electron chi connectivity index (χ1n) is 8.07. The Kier molecular flexibility index (Phi) is 4.75. The Bertz CT molecular complexity index is 792. The van der Waals surface area contributed by atoms with E-state index in [0.29, 0.717) is 5.56 Å². The molecule has 1 aromatic heterocycles. The zero-order chi connectivity index (χ0) is 16.9. The van der Waals surface area contributed by atoms with Crippen LogP contribution in [0.5, 0.6) is 0 Å². The van der Waals surface area contributed by atoms with E-state index in [-0.39, 0.29) is 30.3 Å². The standard InChI is InChI=1S/C17H19N5O2/c18-7-8-19-17(24)13-3-1-2-4-15(13)21-16(23)11-5-6-14-12(9-11)10-20-22-14/h5-6,9-10,13,15H,1-4,8H2,(H,19,24)(H,20,22)(H,21,23)/t13-,15+/m1/s1. The van der Waals surface area contributed by atoms with Gasteiger partial charge in [-0.15, -0.1) is 0 Å². The van der Waals surface area contributed by atoms with E-state index < -0.39 is 0 Å². The summed E-state index contributed by atoms with van der Waals surface area (Å²) in [5.41, 5.74) is 1.42. The predicted molar refractivity (Wildman–Crippen MR) is 87.9 cm³/mol. The molecule has 3 N–H and O–H groups in total. The van der Waals surface area contributed by atoms with Gasteiger partial charge in [0, 0.05) is 17.0 Å². The summed E-state index contributed by atoms with van der Waals surface area (Å²) in [4.78, 5) is 24.7. The lowest BCUT2D eigenvalue weighted by Crippen LogP contribution is -2.48. The molecule has 2 amide bonds. The van der Waals surface area contributed by atoms with Crippen LogP contribution < -0.4 is 10.6 Å². The summed E-state index contributed by atoms with van der Waals surface area (Å²) in [5, 5.41) is 21.9. The SMILES string of the molecule is N#CCNC(=O)[C@@H]1CCCC[C@@H]1NC(=O)c1ccc2[nH]ncc2c1. The summed E-state index contributed by atoms with van der Waals surface area (Å²) in [5.74, 6) is -0.636. The number of nitriles is 1. The van der Waals surface area contributed by atoms with Crippen LogP contribution in [0.4, 0.5) is 0 Å². The van der Waals surface area contributed by atoms with Crippen molar-refractivity contribution in [3.8, 4) is 6.07 Å². The van der Waals surface area contributed by atoms with Crippen LogP contribution in [0.1, 0.15) is 36.0 Å². The fourth-order valence-electron chi connectivity index (χ4n) is 3.21. The van der Waals surface area contributed by atoms with Crippen molar-refractivity contribution in [3.05, 3.63) is 30.0 Å². The van der Waals surface area contributed by atoms with E-state index in [9.17, 15) is 9.59 Å². The van der Waals surface area contributed by atoms with Crippen LogP contribution in [0.15, 0.2) is 24.4 Å². The predicted octanol–water partition coefficient (Wildman–Crippen LogP) is 1.49. The van der Waals surface area contributed by atoms with E-state index in [1.54, 1.807) is 18.3 Å². The van der Waals surface area contributed by atoms with Gasteiger partial charge < -0.3 is 10.6 Å². The molecule has 0 bridgehead atoms. The fraction of sp³-hybridized carbons (Fsp3) is 0.412. The van der Waals surface area contributed by atoms with Gasteiger partial charge >= 0.3 is 0 Å². The highest BCUT2D eigenvalue weighted by Crippen LogP contribution is 2.25. The maximum absolute atomic E-state index is 12.5. The van der Waals surface area contributed by atoms with E-state index >= 15 is 0 Å². The third kappa shape index (κ3) is 3.38.